The average molecular weight is 451 g/mol. The molecule has 1 aliphatic heterocycles. The van der Waals surface area contributed by atoms with E-state index >= 15 is 0 Å². The normalized spacial score (nSPS) is 18.2. The standard InChI is InChI=1S/C22H27FN2O5S/c1-16(15-30-20-9-7-19(29-2)8-10-20)24-22(26)17-4-3-13-25(14-17)31(27,28)21-11-5-18(23)6-12-21/h5-12,16-17H,3-4,13-15H2,1-2H3,(H,24,26). The number of carbonyl (C=O) groups excluding carboxylic acids is 1. The first-order valence-electron chi connectivity index (χ1n) is 10.1. The van der Waals surface area contributed by atoms with Gasteiger partial charge >= 0.3 is 0 Å². The van der Waals surface area contributed by atoms with E-state index in [2.05, 4.69) is 5.32 Å². The van der Waals surface area contributed by atoms with Gasteiger partial charge in [0.05, 0.1) is 24.0 Å². The number of nitrogens with zero attached hydrogens (tertiary/aromatic N) is 1. The van der Waals surface area contributed by atoms with Crippen molar-refractivity contribution in [2.45, 2.75) is 30.7 Å². The first-order chi connectivity index (χ1) is 14.8. The van der Waals surface area contributed by atoms with E-state index in [4.69, 9.17) is 9.47 Å². The maximum Gasteiger partial charge on any atom is 0.243 e. The Hall–Kier alpha value is -2.65. The summed E-state index contributed by atoms with van der Waals surface area (Å²) in [6, 6.07) is 11.6. The van der Waals surface area contributed by atoms with Gasteiger partial charge in [-0.05, 0) is 68.3 Å². The van der Waals surface area contributed by atoms with Gasteiger partial charge in [0.1, 0.15) is 23.9 Å². The molecule has 1 heterocycles. The number of benzene rings is 2. The highest BCUT2D eigenvalue weighted by atomic mass is 32.2. The maximum atomic E-state index is 13.1. The van der Waals surface area contributed by atoms with Gasteiger partial charge in [0, 0.05) is 13.1 Å². The Morgan fingerprint density at radius 2 is 1.81 bits per heavy atom. The summed E-state index contributed by atoms with van der Waals surface area (Å²) < 4.78 is 50.9. The molecular formula is C22H27FN2O5S. The lowest BCUT2D eigenvalue weighted by Crippen LogP contribution is -2.48. The van der Waals surface area contributed by atoms with Gasteiger partial charge in [0.15, 0.2) is 0 Å². The summed E-state index contributed by atoms with van der Waals surface area (Å²) in [5.74, 6) is 0.236. The number of ether oxygens (including phenoxy) is 2. The van der Waals surface area contributed by atoms with E-state index in [0.717, 1.165) is 17.9 Å². The maximum absolute atomic E-state index is 13.1. The zero-order chi connectivity index (χ0) is 22.4. The van der Waals surface area contributed by atoms with Gasteiger partial charge < -0.3 is 14.8 Å². The van der Waals surface area contributed by atoms with Crippen molar-refractivity contribution in [2.24, 2.45) is 5.92 Å². The van der Waals surface area contributed by atoms with E-state index in [1.165, 1.54) is 16.4 Å². The molecule has 3 rings (SSSR count). The number of hydrogen-bond donors (Lipinski definition) is 1. The number of halogens is 1. The molecule has 31 heavy (non-hydrogen) atoms. The van der Waals surface area contributed by atoms with Crippen LogP contribution >= 0.6 is 0 Å². The molecule has 1 N–H and O–H groups in total. The lowest BCUT2D eigenvalue weighted by molar-refractivity contribution is -0.126. The third-order valence-corrected chi connectivity index (χ3v) is 7.03. The van der Waals surface area contributed by atoms with Crippen LogP contribution in [0.4, 0.5) is 4.39 Å². The van der Waals surface area contributed by atoms with Crippen molar-refractivity contribution in [3.05, 3.63) is 54.3 Å². The first-order valence-corrected chi connectivity index (χ1v) is 11.6. The molecule has 7 nitrogen and oxygen atoms in total. The first kappa shape index (κ1) is 23.0. The Kier molecular flexibility index (Phi) is 7.50. The zero-order valence-corrected chi connectivity index (χ0v) is 18.4. The number of carbonyl (C=O) groups is 1. The second-order valence-electron chi connectivity index (χ2n) is 7.55. The Labute approximate surface area is 182 Å². The minimum Gasteiger partial charge on any atom is -0.497 e. The summed E-state index contributed by atoms with van der Waals surface area (Å²) in [5.41, 5.74) is 0. The molecule has 0 spiro atoms. The topological polar surface area (TPSA) is 84.9 Å². The third kappa shape index (κ3) is 5.95. The molecule has 0 aliphatic carbocycles. The van der Waals surface area contributed by atoms with Gasteiger partial charge in [-0.25, -0.2) is 12.8 Å². The number of piperidine rings is 1. The number of nitrogens with one attached hydrogen (secondary N) is 1. The molecule has 2 unspecified atom stereocenters. The van der Waals surface area contributed by atoms with Crippen molar-refractivity contribution in [2.75, 3.05) is 26.8 Å². The summed E-state index contributed by atoms with van der Waals surface area (Å²) >= 11 is 0. The monoisotopic (exact) mass is 450 g/mol. The highest BCUT2D eigenvalue weighted by Gasteiger charge is 2.33. The van der Waals surface area contributed by atoms with E-state index in [0.29, 0.717) is 25.1 Å². The third-order valence-electron chi connectivity index (χ3n) is 5.15. The summed E-state index contributed by atoms with van der Waals surface area (Å²) in [4.78, 5) is 12.7. The molecule has 0 saturated carbocycles. The molecular weight excluding hydrogens is 423 g/mol. The van der Waals surface area contributed by atoms with Crippen LogP contribution in [0.3, 0.4) is 0 Å². The van der Waals surface area contributed by atoms with E-state index in [9.17, 15) is 17.6 Å². The van der Waals surface area contributed by atoms with E-state index in [-0.39, 0.29) is 30.0 Å². The van der Waals surface area contributed by atoms with Crippen molar-refractivity contribution >= 4 is 15.9 Å². The van der Waals surface area contributed by atoms with Crippen LogP contribution in [0.5, 0.6) is 11.5 Å². The molecule has 1 fully saturated rings. The SMILES string of the molecule is COc1ccc(OCC(C)NC(=O)C2CCCN(S(=O)(=O)c3ccc(F)cc3)C2)cc1. The van der Waals surface area contributed by atoms with Crippen molar-refractivity contribution < 1.29 is 27.1 Å². The Balaban J connectivity index is 1.54. The highest BCUT2D eigenvalue weighted by molar-refractivity contribution is 7.89. The fraction of sp³-hybridized carbons (Fsp3) is 0.409. The Bertz CT molecular complexity index is 980. The van der Waals surface area contributed by atoms with Crippen LogP contribution < -0.4 is 14.8 Å². The van der Waals surface area contributed by atoms with Gasteiger partial charge in [0.2, 0.25) is 15.9 Å². The van der Waals surface area contributed by atoms with Gasteiger partial charge in [-0.15, -0.1) is 0 Å². The molecule has 0 bridgehead atoms. The number of hydrogen-bond acceptors (Lipinski definition) is 5. The van der Waals surface area contributed by atoms with Crippen LogP contribution in [0.15, 0.2) is 53.4 Å². The minimum atomic E-state index is -3.77. The average Bonchev–Trinajstić information content (AvgIpc) is 2.78. The van der Waals surface area contributed by atoms with Crippen molar-refractivity contribution in [3.8, 4) is 11.5 Å². The molecule has 2 aromatic rings. The number of sulfonamides is 1. The van der Waals surface area contributed by atoms with Crippen molar-refractivity contribution in [1.29, 1.82) is 0 Å². The molecule has 1 amide bonds. The lowest BCUT2D eigenvalue weighted by atomic mass is 9.98. The molecule has 9 heteroatoms. The number of amides is 1. The fourth-order valence-electron chi connectivity index (χ4n) is 3.43. The summed E-state index contributed by atoms with van der Waals surface area (Å²) in [5, 5.41) is 2.90. The van der Waals surface area contributed by atoms with Crippen molar-refractivity contribution in [3.63, 3.8) is 0 Å². The largest absolute Gasteiger partial charge is 0.497 e. The van der Waals surface area contributed by atoms with Gasteiger partial charge in [0.25, 0.3) is 0 Å². The molecule has 0 aromatic heterocycles. The van der Waals surface area contributed by atoms with Crippen LogP contribution in [-0.2, 0) is 14.8 Å². The molecule has 1 aliphatic rings. The van der Waals surface area contributed by atoms with Crippen LogP contribution in [0.2, 0.25) is 0 Å². The van der Waals surface area contributed by atoms with Crippen LogP contribution in [0, 0.1) is 11.7 Å². The highest BCUT2D eigenvalue weighted by Crippen LogP contribution is 2.24. The van der Waals surface area contributed by atoms with E-state index in [1.807, 2.05) is 6.92 Å². The smallest absolute Gasteiger partial charge is 0.243 e. The number of rotatable bonds is 8. The van der Waals surface area contributed by atoms with Gasteiger partial charge in [-0.2, -0.15) is 4.31 Å². The van der Waals surface area contributed by atoms with Gasteiger partial charge in [-0.3, -0.25) is 4.79 Å². The van der Waals surface area contributed by atoms with Crippen LogP contribution in [0.1, 0.15) is 19.8 Å². The number of methoxy groups -OCH3 is 1. The predicted octanol–water partition coefficient (Wildman–Crippen LogP) is 2.82. The fourth-order valence-corrected chi connectivity index (χ4v) is 4.95. The summed E-state index contributed by atoms with van der Waals surface area (Å²) in [6.45, 7) is 2.54. The second-order valence-corrected chi connectivity index (χ2v) is 9.49. The lowest BCUT2D eigenvalue weighted by Gasteiger charge is -2.31. The van der Waals surface area contributed by atoms with Gasteiger partial charge in [-0.1, -0.05) is 0 Å². The van der Waals surface area contributed by atoms with Crippen LogP contribution in [-0.4, -0.2) is 51.5 Å². The quantitative estimate of drug-likeness (QED) is 0.669. The molecule has 2 aromatic carbocycles. The van der Waals surface area contributed by atoms with E-state index in [1.54, 1.807) is 31.4 Å². The minimum absolute atomic E-state index is 0.0243. The molecule has 2 atom stereocenters. The Morgan fingerprint density at radius 1 is 1.16 bits per heavy atom. The summed E-state index contributed by atoms with van der Waals surface area (Å²) in [6.07, 6.45) is 1.18. The zero-order valence-electron chi connectivity index (χ0n) is 17.6. The molecule has 168 valence electrons. The van der Waals surface area contributed by atoms with E-state index < -0.39 is 21.8 Å². The molecule has 0 radical (unpaired) electrons. The van der Waals surface area contributed by atoms with Crippen molar-refractivity contribution in [1.82, 2.24) is 9.62 Å². The Morgan fingerprint density at radius 3 is 2.45 bits per heavy atom. The second kappa shape index (κ2) is 10.1. The summed E-state index contributed by atoms with van der Waals surface area (Å²) in [7, 11) is -2.19. The molecule has 1 saturated heterocycles. The van der Waals surface area contributed by atoms with Crippen LogP contribution in [0.25, 0.3) is 0 Å². The predicted molar refractivity (Wildman–Crippen MR) is 114 cm³/mol.